The Morgan fingerprint density at radius 1 is 1.19 bits per heavy atom. The summed E-state index contributed by atoms with van der Waals surface area (Å²) in [5.74, 6) is -0.537. The highest BCUT2D eigenvalue weighted by Gasteiger charge is 2.28. The number of rotatable bonds is 5. The second-order valence-electron chi connectivity index (χ2n) is 6.33. The van der Waals surface area contributed by atoms with Crippen LogP contribution in [0.2, 0.25) is 0 Å². The maximum Gasteiger partial charge on any atom is 0.257 e. The number of hydrogen-bond acceptors (Lipinski definition) is 4. The molecule has 1 aliphatic rings. The number of amides is 2. The number of furan rings is 1. The quantitative estimate of drug-likeness (QED) is 0.885. The normalized spacial score (nSPS) is 16.3. The van der Waals surface area contributed by atoms with Crippen molar-refractivity contribution in [1.82, 2.24) is 15.1 Å². The van der Waals surface area contributed by atoms with Crippen LogP contribution in [-0.4, -0.2) is 53.8 Å². The topological polar surface area (TPSA) is 65.8 Å². The van der Waals surface area contributed by atoms with Gasteiger partial charge in [-0.3, -0.25) is 14.5 Å². The Bertz CT molecular complexity index is 755. The van der Waals surface area contributed by atoms with Gasteiger partial charge in [-0.2, -0.15) is 0 Å². The lowest BCUT2D eigenvalue weighted by Gasteiger charge is -2.37. The summed E-state index contributed by atoms with van der Waals surface area (Å²) in [5.41, 5.74) is 0.998. The molecule has 0 aliphatic carbocycles. The molecule has 0 radical (unpaired) electrons. The molecule has 1 atom stereocenters. The van der Waals surface area contributed by atoms with Crippen molar-refractivity contribution in [3.05, 3.63) is 59.8 Å². The molecular weight excluding hydrogens is 337 g/mol. The molecule has 7 heteroatoms. The molecule has 1 aliphatic heterocycles. The Balaban J connectivity index is 1.48. The third kappa shape index (κ3) is 4.11. The summed E-state index contributed by atoms with van der Waals surface area (Å²) in [6, 6.07) is 7.69. The third-order valence-corrected chi connectivity index (χ3v) is 4.71. The van der Waals surface area contributed by atoms with Gasteiger partial charge in [-0.25, -0.2) is 4.39 Å². The van der Waals surface area contributed by atoms with E-state index in [1.165, 1.54) is 18.6 Å². The molecule has 6 nitrogen and oxygen atoms in total. The van der Waals surface area contributed by atoms with Crippen molar-refractivity contribution in [2.24, 2.45) is 0 Å². The minimum absolute atomic E-state index is 0.0601. The standard InChI is InChI=1S/C19H22FN3O3/c1-14(18(24)21-12-15-4-2-3-5-17(15)20)22-7-9-23(10-8-22)19(25)16-6-11-26-13-16/h2-6,11,13-14H,7-10,12H2,1H3,(H,21,24). The van der Waals surface area contributed by atoms with E-state index in [0.29, 0.717) is 37.3 Å². The molecule has 2 heterocycles. The van der Waals surface area contributed by atoms with Gasteiger partial charge in [0.05, 0.1) is 17.9 Å². The SMILES string of the molecule is CC(C(=O)NCc1ccccc1F)N1CCN(C(=O)c2ccoc2)CC1. The van der Waals surface area contributed by atoms with Crippen molar-refractivity contribution in [1.29, 1.82) is 0 Å². The lowest BCUT2D eigenvalue weighted by Crippen LogP contribution is -2.54. The zero-order chi connectivity index (χ0) is 18.5. The van der Waals surface area contributed by atoms with Crippen molar-refractivity contribution in [3.8, 4) is 0 Å². The third-order valence-electron chi connectivity index (χ3n) is 4.71. The smallest absolute Gasteiger partial charge is 0.257 e. The van der Waals surface area contributed by atoms with Gasteiger partial charge >= 0.3 is 0 Å². The molecular formula is C19H22FN3O3. The average Bonchev–Trinajstić information content (AvgIpc) is 3.21. The summed E-state index contributed by atoms with van der Waals surface area (Å²) in [6.07, 6.45) is 2.92. The Morgan fingerprint density at radius 2 is 1.92 bits per heavy atom. The Labute approximate surface area is 151 Å². The monoisotopic (exact) mass is 359 g/mol. The molecule has 1 N–H and O–H groups in total. The fourth-order valence-electron chi connectivity index (χ4n) is 3.02. The lowest BCUT2D eigenvalue weighted by atomic mass is 10.1. The van der Waals surface area contributed by atoms with Gasteiger partial charge in [-0.15, -0.1) is 0 Å². The molecule has 1 fully saturated rings. The van der Waals surface area contributed by atoms with E-state index in [4.69, 9.17) is 4.42 Å². The van der Waals surface area contributed by atoms with Gasteiger partial charge in [0.25, 0.3) is 5.91 Å². The molecule has 1 saturated heterocycles. The van der Waals surface area contributed by atoms with Crippen LogP contribution in [0.25, 0.3) is 0 Å². The second kappa shape index (κ2) is 8.14. The number of benzene rings is 1. The van der Waals surface area contributed by atoms with Gasteiger partial charge < -0.3 is 14.6 Å². The Kier molecular flexibility index (Phi) is 5.68. The first-order chi connectivity index (χ1) is 12.6. The van der Waals surface area contributed by atoms with Crippen LogP contribution >= 0.6 is 0 Å². The van der Waals surface area contributed by atoms with Gasteiger partial charge in [-0.1, -0.05) is 18.2 Å². The van der Waals surface area contributed by atoms with E-state index >= 15 is 0 Å². The molecule has 2 aromatic rings. The molecule has 1 aromatic carbocycles. The van der Waals surface area contributed by atoms with Crippen molar-refractivity contribution in [2.75, 3.05) is 26.2 Å². The molecule has 0 saturated carbocycles. The number of nitrogens with one attached hydrogen (secondary N) is 1. The van der Waals surface area contributed by atoms with Crippen LogP contribution in [0, 0.1) is 5.82 Å². The van der Waals surface area contributed by atoms with Crippen molar-refractivity contribution in [2.45, 2.75) is 19.5 Å². The second-order valence-corrected chi connectivity index (χ2v) is 6.33. The minimum Gasteiger partial charge on any atom is -0.472 e. The molecule has 138 valence electrons. The fourth-order valence-corrected chi connectivity index (χ4v) is 3.02. The number of carbonyl (C=O) groups is 2. The van der Waals surface area contributed by atoms with Crippen LogP contribution in [0.4, 0.5) is 4.39 Å². The van der Waals surface area contributed by atoms with E-state index in [0.717, 1.165) is 0 Å². The zero-order valence-corrected chi connectivity index (χ0v) is 14.7. The minimum atomic E-state index is -0.340. The Morgan fingerprint density at radius 3 is 2.58 bits per heavy atom. The number of hydrogen-bond donors (Lipinski definition) is 1. The summed E-state index contributed by atoms with van der Waals surface area (Å²) in [5, 5.41) is 2.78. The highest BCUT2D eigenvalue weighted by molar-refractivity contribution is 5.93. The number of halogens is 1. The highest BCUT2D eigenvalue weighted by atomic mass is 19.1. The first kappa shape index (κ1) is 18.1. The van der Waals surface area contributed by atoms with Crippen LogP contribution in [0.3, 0.4) is 0 Å². The molecule has 2 amide bonds. The lowest BCUT2D eigenvalue weighted by molar-refractivity contribution is -0.126. The molecule has 3 rings (SSSR count). The average molecular weight is 359 g/mol. The van der Waals surface area contributed by atoms with Gasteiger partial charge in [0.2, 0.25) is 5.91 Å². The zero-order valence-electron chi connectivity index (χ0n) is 14.7. The summed E-state index contributed by atoms with van der Waals surface area (Å²) in [6.45, 7) is 4.30. The predicted molar refractivity (Wildman–Crippen MR) is 93.9 cm³/mol. The van der Waals surface area contributed by atoms with Crippen LogP contribution in [0.15, 0.2) is 47.3 Å². The molecule has 0 spiro atoms. The summed E-state index contributed by atoms with van der Waals surface area (Å²) in [4.78, 5) is 28.4. The van der Waals surface area contributed by atoms with Crippen molar-refractivity contribution < 1.29 is 18.4 Å². The molecule has 1 unspecified atom stereocenters. The van der Waals surface area contributed by atoms with Crippen LogP contribution in [0.5, 0.6) is 0 Å². The van der Waals surface area contributed by atoms with Gasteiger partial charge in [0.15, 0.2) is 0 Å². The van der Waals surface area contributed by atoms with Crippen LogP contribution in [-0.2, 0) is 11.3 Å². The number of piperazine rings is 1. The predicted octanol–water partition coefficient (Wildman–Crippen LogP) is 1.88. The fraction of sp³-hybridized carbons (Fsp3) is 0.368. The van der Waals surface area contributed by atoms with E-state index < -0.39 is 0 Å². The van der Waals surface area contributed by atoms with Crippen molar-refractivity contribution >= 4 is 11.8 Å². The summed E-state index contributed by atoms with van der Waals surface area (Å²) in [7, 11) is 0. The molecule has 0 bridgehead atoms. The van der Waals surface area contributed by atoms with Crippen molar-refractivity contribution in [3.63, 3.8) is 0 Å². The Hall–Kier alpha value is -2.67. The number of carbonyl (C=O) groups excluding carboxylic acids is 2. The summed E-state index contributed by atoms with van der Waals surface area (Å²) >= 11 is 0. The van der Waals surface area contributed by atoms with Gasteiger partial charge in [0, 0.05) is 38.3 Å². The molecule has 26 heavy (non-hydrogen) atoms. The van der Waals surface area contributed by atoms with E-state index in [-0.39, 0.29) is 30.2 Å². The van der Waals surface area contributed by atoms with Gasteiger partial charge in [0.1, 0.15) is 12.1 Å². The van der Waals surface area contributed by atoms with Crippen LogP contribution in [0.1, 0.15) is 22.8 Å². The van der Waals surface area contributed by atoms with E-state index in [1.54, 1.807) is 29.2 Å². The highest BCUT2D eigenvalue weighted by Crippen LogP contribution is 2.12. The molecule has 1 aromatic heterocycles. The van der Waals surface area contributed by atoms with Crippen LogP contribution < -0.4 is 5.32 Å². The van der Waals surface area contributed by atoms with E-state index in [2.05, 4.69) is 5.32 Å². The first-order valence-corrected chi connectivity index (χ1v) is 8.63. The summed E-state index contributed by atoms with van der Waals surface area (Å²) < 4.78 is 18.6. The maximum absolute atomic E-state index is 13.6. The largest absolute Gasteiger partial charge is 0.472 e. The van der Waals surface area contributed by atoms with Gasteiger partial charge in [-0.05, 0) is 19.1 Å². The maximum atomic E-state index is 13.6. The first-order valence-electron chi connectivity index (χ1n) is 8.63. The van der Waals surface area contributed by atoms with E-state index in [9.17, 15) is 14.0 Å². The number of nitrogens with zero attached hydrogens (tertiary/aromatic N) is 2. The van der Waals surface area contributed by atoms with E-state index in [1.807, 2.05) is 11.8 Å².